The third-order valence-corrected chi connectivity index (χ3v) is 5.49. The van der Waals surface area contributed by atoms with Gasteiger partial charge in [-0.2, -0.15) is 0 Å². The Kier molecular flexibility index (Phi) is 5.06. The maximum absolute atomic E-state index is 12.6. The van der Waals surface area contributed by atoms with Gasteiger partial charge < -0.3 is 4.90 Å². The number of hydrogen-bond acceptors (Lipinski definition) is 5. The molecular formula is C20H19BrN4O3. The van der Waals surface area contributed by atoms with Crippen molar-refractivity contribution in [3.63, 3.8) is 0 Å². The molecule has 3 aromatic rings. The Morgan fingerprint density at radius 2 is 1.61 bits per heavy atom. The standard InChI is InChI=1S/C20H19BrN4O3/c1-23-18-16(17(26)22-20(23)27)25(28-13-15-10-6-3-7-11-15)19(21)24(18)12-14-8-4-2-5-9-14/h2-11,19H,12-13H2,1H3,(H,22,26,27). The monoisotopic (exact) mass is 442 g/mol. The number of hydrogen-bond donors (Lipinski definition) is 1. The lowest BCUT2D eigenvalue weighted by Gasteiger charge is -2.27. The molecule has 0 saturated heterocycles. The van der Waals surface area contributed by atoms with E-state index in [0.717, 1.165) is 11.1 Å². The van der Waals surface area contributed by atoms with E-state index in [2.05, 4.69) is 20.9 Å². The second-order valence-corrected chi connectivity index (χ2v) is 7.32. The lowest BCUT2D eigenvalue weighted by atomic mass is 10.2. The van der Waals surface area contributed by atoms with Gasteiger partial charge in [0, 0.05) is 13.6 Å². The van der Waals surface area contributed by atoms with Gasteiger partial charge in [-0.15, -0.1) is 0 Å². The first-order chi connectivity index (χ1) is 13.6. The van der Waals surface area contributed by atoms with Crippen molar-refractivity contribution in [2.45, 2.75) is 18.2 Å². The molecule has 1 aliphatic rings. The molecule has 0 saturated carbocycles. The minimum absolute atomic E-state index is 0.295. The van der Waals surface area contributed by atoms with Crippen LogP contribution in [0.25, 0.3) is 0 Å². The molecule has 0 amide bonds. The van der Waals surface area contributed by atoms with Crippen LogP contribution < -0.4 is 21.2 Å². The van der Waals surface area contributed by atoms with Crippen LogP contribution in [0.2, 0.25) is 0 Å². The number of fused-ring (bicyclic) bond motifs is 1. The Morgan fingerprint density at radius 3 is 2.25 bits per heavy atom. The van der Waals surface area contributed by atoms with Crippen LogP contribution in [-0.4, -0.2) is 14.6 Å². The van der Waals surface area contributed by atoms with E-state index in [4.69, 9.17) is 4.84 Å². The highest BCUT2D eigenvalue weighted by Crippen LogP contribution is 2.39. The lowest BCUT2D eigenvalue weighted by molar-refractivity contribution is 0.0937. The van der Waals surface area contributed by atoms with Gasteiger partial charge in [0.2, 0.25) is 0 Å². The molecule has 2 aromatic carbocycles. The molecule has 144 valence electrons. The van der Waals surface area contributed by atoms with E-state index in [0.29, 0.717) is 24.7 Å². The highest BCUT2D eigenvalue weighted by Gasteiger charge is 2.40. The van der Waals surface area contributed by atoms with Gasteiger partial charge in [-0.1, -0.05) is 60.7 Å². The summed E-state index contributed by atoms with van der Waals surface area (Å²) in [6.07, 6.45) is 0. The van der Waals surface area contributed by atoms with Crippen molar-refractivity contribution < 1.29 is 4.84 Å². The van der Waals surface area contributed by atoms with E-state index in [1.807, 2.05) is 65.6 Å². The van der Waals surface area contributed by atoms with E-state index >= 15 is 0 Å². The zero-order valence-electron chi connectivity index (χ0n) is 15.2. The number of halogens is 1. The fourth-order valence-electron chi connectivity index (χ4n) is 3.23. The average Bonchev–Trinajstić information content (AvgIpc) is 2.98. The van der Waals surface area contributed by atoms with Crippen LogP contribution in [0.5, 0.6) is 0 Å². The number of rotatable bonds is 5. The van der Waals surface area contributed by atoms with Crippen molar-refractivity contribution in [2.24, 2.45) is 7.05 Å². The fourth-order valence-corrected chi connectivity index (χ4v) is 3.89. The number of nitrogens with zero attached hydrogens (tertiary/aromatic N) is 3. The summed E-state index contributed by atoms with van der Waals surface area (Å²) in [4.78, 5) is 35.1. The van der Waals surface area contributed by atoms with Crippen LogP contribution in [0.3, 0.4) is 0 Å². The highest BCUT2D eigenvalue weighted by molar-refractivity contribution is 9.09. The van der Waals surface area contributed by atoms with E-state index in [-0.39, 0.29) is 0 Å². The van der Waals surface area contributed by atoms with Crippen molar-refractivity contribution in [3.8, 4) is 0 Å². The summed E-state index contributed by atoms with van der Waals surface area (Å²) in [5.41, 5.74) is 1.38. The molecule has 2 heterocycles. The topological polar surface area (TPSA) is 70.6 Å². The zero-order chi connectivity index (χ0) is 19.7. The second kappa shape index (κ2) is 7.65. The van der Waals surface area contributed by atoms with Crippen LogP contribution in [0.15, 0.2) is 70.3 Å². The largest absolute Gasteiger partial charge is 0.329 e. The number of aromatic nitrogens is 2. The Bertz CT molecular complexity index is 1080. The van der Waals surface area contributed by atoms with Gasteiger partial charge in [0.15, 0.2) is 10.8 Å². The Hall–Kier alpha value is -2.84. The van der Waals surface area contributed by atoms with Crippen LogP contribution in [0.4, 0.5) is 11.5 Å². The molecule has 7 nitrogen and oxygen atoms in total. The Morgan fingerprint density at radius 1 is 1.00 bits per heavy atom. The highest BCUT2D eigenvalue weighted by atomic mass is 79.9. The van der Waals surface area contributed by atoms with Gasteiger partial charge in [0.05, 0.1) is 0 Å². The molecule has 28 heavy (non-hydrogen) atoms. The van der Waals surface area contributed by atoms with Gasteiger partial charge in [-0.3, -0.25) is 19.2 Å². The Labute approximate surface area is 169 Å². The first-order valence-corrected chi connectivity index (χ1v) is 9.72. The lowest BCUT2D eigenvalue weighted by Crippen LogP contribution is -2.39. The number of aromatic amines is 1. The summed E-state index contributed by atoms with van der Waals surface area (Å²) in [6, 6.07) is 19.6. The molecule has 0 fully saturated rings. The molecule has 0 aliphatic carbocycles. The van der Waals surface area contributed by atoms with Gasteiger partial charge in [-0.05, 0) is 27.1 Å². The fraction of sp³-hybridized carbons (Fsp3) is 0.200. The van der Waals surface area contributed by atoms with Crippen LogP contribution >= 0.6 is 15.9 Å². The summed E-state index contributed by atoms with van der Waals surface area (Å²) in [6.45, 7) is 0.801. The predicted molar refractivity (Wildman–Crippen MR) is 111 cm³/mol. The molecule has 1 unspecified atom stereocenters. The normalized spacial score (nSPS) is 15.7. The summed E-state index contributed by atoms with van der Waals surface area (Å²) in [5.74, 6) is 0.507. The van der Waals surface area contributed by atoms with Crippen molar-refractivity contribution in [1.29, 1.82) is 0 Å². The second-order valence-electron chi connectivity index (χ2n) is 6.50. The number of nitrogens with one attached hydrogen (secondary N) is 1. The van der Waals surface area contributed by atoms with E-state index in [1.54, 1.807) is 7.05 Å². The third-order valence-electron chi connectivity index (χ3n) is 4.62. The average molecular weight is 443 g/mol. The van der Waals surface area contributed by atoms with Crippen LogP contribution in [0, 0.1) is 0 Å². The first kappa shape index (κ1) is 18.5. The minimum atomic E-state index is -0.480. The van der Waals surface area contributed by atoms with Crippen molar-refractivity contribution in [3.05, 3.63) is 92.6 Å². The number of alkyl halides is 1. The third kappa shape index (κ3) is 3.36. The van der Waals surface area contributed by atoms with Crippen molar-refractivity contribution in [1.82, 2.24) is 9.55 Å². The quantitative estimate of drug-likeness (QED) is 0.485. The molecule has 1 N–H and O–H groups in total. The van der Waals surface area contributed by atoms with Crippen molar-refractivity contribution in [2.75, 3.05) is 9.96 Å². The minimum Gasteiger partial charge on any atom is -0.320 e. The summed E-state index contributed by atoms with van der Waals surface area (Å²) in [7, 11) is 1.63. The number of benzene rings is 2. The van der Waals surface area contributed by atoms with Crippen molar-refractivity contribution >= 4 is 27.4 Å². The number of H-pyrrole nitrogens is 1. The van der Waals surface area contributed by atoms with Gasteiger partial charge >= 0.3 is 5.69 Å². The van der Waals surface area contributed by atoms with Crippen LogP contribution in [-0.2, 0) is 25.0 Å². The smallest absolute Gasteiger partial charge is 0.320 e. The van der Waals surface area contributed by atoms with Gasteiger partial charge in [0.1, 0.15) is 12.4 Å². The van der Waals surface area contributed by atoms with E-state index in [1.165, 1.54) is 9.63 Å². The van der Waals surface area contributed by atoms with E-state index < -0.39 is 16.3 Å². The molecule has 1 aliphatic heterocycles. The van der Waals surface area contributed by atoms with Crippen LogP contribution in [0.1, 0.15) is 11.1 Å². The summed E-state index contributed by atoms with van der Waals surface area (Å²) >= 11 is 3.63. The Balaban J connectivity index is 1.72. The van der Waals surface area contributed by atoms with Gasteiger partial charge in [-0.25, -0.2) is 9.86 Å². The predicted octanol–water partition coefficient (Wildman–Crippen LogP) is 2.71. The molecule has 4 rings (SSSR count). The molecule has 1 atom stereocenters. The molecule has 8 heteroatoms. The number of hydroxylamine groups is 1. The number of anilines is 2. The SMILES string of the molecule is Cn1c2c(c(=O)[nH]c1=O)N(OCc1ccccc1)C(Br)N2Cc1ccccc1. The zero-order valence-corrected chi connectivity index (χ0v) is 16.8. The molecular weight excluding hydrogens is 424 g/mol. The van der Waals surface area contributed by atoms with Gasteiger partial charge in [0.25, 0.3) is 5.56 Å². The summed E-state index contributed by atoms with van der Waals surface area (Å²) < 4.78 is 1.43. The van der Waals surface area contributed by atoms with E-state index in [9.17, 15) is 9.59 Å². The maximum Gasteiger partial charge on any atom is 0.329 e. The molecule has 1 aromatic heterocycles. The maximum atomic E-state index is 12.6. The molecule has 0 radical (unpaired) electrons. The molecule has 0 bridgehead atoms. The summed E-state index contributed by atoms with van der Waals surface area (Å²) in [5, 5.41) is 1.07. The first-order valence-electron chi connectivity index (χ1n) is 8.80. The molecule has 0 spiro atoms.